The molecule has 1 aliphatic rings. The summed E-state index contributed by atoms with van der Waals surface area (Å²) in [6.07, 6.45) is 1.87. The highest BCUT2D eigenvalue weighted by Crippen LogP contribution is 2.23. The Labute approximate surface area is 186 Å². The fourth-order valence-electron chi connectivity index (χ4n) is 3.41. The number of benzene rings is 1. The Hall–Kier alpha value is -2.69. The molecule has 2 aromatic rings. The molecule has 2 unspecified atom stereocenters. The molecule has 1 aromatic heterocycles. The lowest BCUT2D eigenvalue weighted by atomic mass is 9.96. The number of carbonyl (C=O) groups excluding carboxylic acids is 1. The van der Waals surface area contributed by atoms with Gasteiger partial charge < -0.3 is 43.4 Å². The SMILES string of the molecule is NC(Cc1ccc(O)cc1)c1nnc(C(CCC(=O)O)NC(=O)C2CCNCC2)o1.[Cl-]. The molecule has 0 saturated carbocycles. The Balaban J connectivity index is 0.00000341. The highest BCUT2D eigenvalue weighted by atomic mass is 35.5. The summed E-state index contributed by atoms with van der Waals surface area (Å²) in [5, 5.41) is 32.5. The normalized spacial score (nSPS) is 16.2. The van der Waals surface area contributed by atoms with Gasteiger partial charge in [-0.2, -0.15) is 0 Å². The van der Waals surface area contributed by atoms with Gasteiger partial charge in [-0.25, -0.2) is 0 Å². The van der Waals surface area contributed by atoms with E-state index in [-0.39, 0.29) is 54.6 Å². The molecule has 1 aliphatic heterocycles. The Morgan fingerprint density at radius 1 is 1.19 bits per heavy atom. The molecule has 2 heterocycles. The lowest BCUT2D eigenvalue weighted by molar-refractivity contribution is -0.137. The van der Waals surface area contributed by atoms with E-state index in [1.165, 1.54) is 0 Å². The summed E-state index contributed by atoms with van der Waals surface area (Å²) in [7, 11) is 0. The summed E-state index contributed by atoms with van der Waals surface area (Å²) in [6.45, 7) is 1.55. The van der Waals surface area contributed by atoms with Crippen LogP contribution in [0.1, 0.15) is 55.1 Å². The lowest BCUT2D eigenvalue weighted by Crippen LogP contribution is -3.00. The molecule has 0 spiro atoms. The minimum atomic E-state index is -0.972. The summed E-state index contributed by atoms with van der Waals surface area (Å²) in [4.78, 5) is 23.7. The second-order valence-corrected chi connectivity index (χ2v) is 7.47. The van der Waals surface area contributed by atoms with E-state index in [0.29, 0.717) is 6.42 Å². The molecule has 1 aromatic carbocycles. The summed E-state index contributed by atoms with van der Waals surface area (Å²) in [5.74, 6) is -0.722. The highest BCUT2D eigenvalue weighted by molar-refractivity contribution is 5.79. The number of carbonyl (C=O) groups is 2. The summed E-state index contributed by atoms with van der Waals surface area (Å²) >= 11 is 0. The summed E-state index contributed by atoms with van der Waals surface area (Å²) in [6, 6.07) is 5.38. The van der Waals surface area contributed by atoms with Crippen LogP contribution in [0.5, 0.6) is 5.75 Å². The molecule has 31 heavy (non-hydrogen) atoms. The molecule has 0 radical (unpaired) electrons. The van der Waals surface area contributed by atoms with Gasteiger partial charge in [0, 0.05) is 12.3 Å². The molecule has 6 N–H and O–H groups in total. The van der Waals surface area contributed by atoms with Gasteiger partial charge in [-0.15, -0.1) is 10.2 Å². The number of nitrogens with one attached hydrogen (secondary N) is 2. The van der Waals surface area contributed by atoms with E-state index in [1.807, 2.05) is 0 Å². The van der Waals surface area contributed by atoms with Crippen molar-refractivity contribution in [3.8, 4) is 5.75 Å². The molecule has 3 rings (SSSR count). The zero-order chi connectivity index (χ0) is 21.5. The molecule has 2 atom stereocenters. The van der Waals surface area contributed by atoms with Gasteiger partial charge in [0.2, 0.25) is 17.7 Å². The number of phenolic OH excluding ortho intramolecular Hbond substituents is 1. The van der Waals surface area contributed by atoms with E-state index >= 15 is 0 Å². The summed E-state index contributed by atoms with van der Waals surface area (Å²) < 4.78 is 5.71. The average Bonchev–Trinajstić information content (AvgIpc) is 3.23. The predicted molar refractivity (Wildman–Crippen MR) is 106 cm³/mol. The van der Waals surface area contributed by atoms with E-state index in [2.05, 4.69) is 20.8 Å². The van der Waals surface area contributed by atoms with Crippen LogP contribution in [0.2, 0.25) is 0 Å². The van der Waals surface area contributed by atoms with Crippen molar-refractivity contribution in [1.29, 1.82) is 0 Å². The molecule has 1 amide bonds. The van der Waals surface area contributed by atoms with Crippen LogP contribution in [0.3, 0.4) is 0 Å². The Morgan fingerprint density at radius 3 is 2.48 bits per heavy atom. The molecule has 0 bridgehead atoms. The minimum absolute atomic E-state index is 0. The number of rotatable bonds is 9. The van der Waals surface area contributed by atoms with Gasteiger partial charge in [-0.3, -0.25) is 9.59 Å². The van der Waals surface area contributed by atoms with E-state index in [4.69, 9.17) is 15.3 Å². The number of hydrogen-bond acceptors (Lipinski definition) is 8. The molecular weight excluding hydrogens is 426 g/mol. The maximum atomic E-state index is 12.6. The zero-order valence-electron chi connectivity index (χ0n) is 17.0. The van der Waals surface area contributed by atoms with Crippen LogP contribution in [0.15, 0.2) is 28.7 Å². The third-order valence-electron chi connectivity index (χ3n) is 5.14. The number of aromatic nitrogens is 2. The monoisotopic (exact) mass is 452 g/mol. The van der Waals surface area contributed by atoms with Crippen LogP contribution >= 0.6 is 0 Å². The lowest BCUT2D eigenvalue weighted by Gasteiger charge is -2.24. The van der Waals surface area contributed by atoms with E-state index < -0.39 is 18.1 Å². The molecule has 170 valence electrons. The van der Waals surface area contributed by atoms with Crippen LogP contribution in [-0.4, -0.2) is 45.4 Å². The van der Waals surface area contributed by atoms with Crippen LogP contribution in [0.4, 0.5) is 0 Å². The topological polar surface area (TPSA) is 164 Å². The van der Waals surface area contributed by atoms with Gasteiger partial charge in [0.15, 0.2) is 0 Å². The molecular formula is C20H27ClN5O5-. The zero-order valence-corrected chi connectivity index (χ0v) is 17.7. The number of phenols is 1. The number of piperidine rings is 1. The number of nitrogens with zero attached hydrogens (tertiary/aromatic N) is 2. The first-order chi connectivity index (χ1) is 14.4. The van der Waals surface area contributed by atoms with Crippen LogP contribution in [0.25, 0.3) is 0 Å². The first-order valence-electron chi connectivity index (χ1n) is 10.0. The Bertz CT molecular complexity index is 854. The van der Waals surface area contributed by atoms with E-state index in [1.54, 1.807) is 24.3 Å². The van der Waals surface area contributed by atoms with Gasteiger partial charge in [0.25, 0.3) is 0 Å². The largest absolute Gasteiger partial charge is 1.00 e. The second kappa shape index (κ2) is 11.6. The highest BCUT2D eigenvalue weighted by Gasteiger charge is 2.28. The number of aromatic hydroxyl groups is 1. The van der Waals surface area contributed by atoms with Gasteiger partial charge >= 0.3 is 5.97 Å². The summed E-state index contributed by atoms with van der Waals surface area (Å²) in [5.41, 5.74) is 7.06. The number of carboxylic acids is 1. The van der Waals surface area contributed by atoms with Crippen molar-refractivity contribution in [1.82, 2.24) is 20.8 Å². The van der Waals surface area contributed by atoms with Crippen LogP contribution in [0, 0.1) is 5.92 Å². The fourth-order valence-corrected chi connectivity index (χ4v) is 3.41. The quantitative estimate of drug-likeness (QED) is 0.290. The minimum Gasteiger partial charge on any atom is -1.00 e. The molecule has 1 fully saturated rings. The van der Waals surface area contributed by atoms with Crippen molar-refractivity contribution in [2.45, 2.75) is 44.2 Å². The number of hydrogen-bond donors (Lipinski definition) is 5. The third kappa shape index (κ3) is 7.20. The maximum absolute atomic E-state index is 12.6. The van der Waals surface area contributed by atoms with Crippen molar-refractivity contribution in [3.63, 3.8) is 0 Å². The van der Waals surface area contributed by atoms with Crippen LogP contribution < -0.4 is 28.8 Å². The molecule has 10 nitrogen and oxygen atoms in total. The van der Waals surface area contributed by atoms with Crippen molar-refractivity contribution < 1.29 is 36.6 Å². The number of nitrogens with two attached hydrogens (primary N) is 1. The second-order valence-electron chi connectivity index (χ2n) is 7.47. The number of amides is 1. The Kier molecular flexibility index (Phi) is 9.22. The van der Waals surface area contributed by atoms with Crippen molar-refractivity contribution in [3.05, 3.63) is 41.6 Å². The van der Waals surface area contributed by atoms with Crippen molar-refractivity contribution in [2.24, 2.45) is 11.7 Å². The Morgan fingerprint density at radius 2 is 1.84 bits per heavy atom. The van der Waals surface area contributed by atoms with E-state index in [0.717, 1.165) is 31.5 Å². The van der Waals surface area contributed by atoms with Crippen molar-refractivity contribution in [2.75, 3.05) is 13.1 Å². The molecule has 1 saturated heterocycles. The predicted octanol–water partition coefficient (Wildman–Crippen LogP) is -1.96. The van der Waals surface area contributed by atoms with Gasteiger partial charge in [0.05, 0.1) is 6.04 Å². The fraction of sp³-hybridized carbons (Fsp3) is 0.500. The average molecular weight is 453 g/mol. The number of carboxylic acid groups (broad SMARTS) is 1. The number of aliphatic carboxylic acids is 1. The first kappa shape index (κ1) is 24.6. The maximum Gasteiger partial charge on any atom is 0.303 e. The third-order valence-corrected chi connectivity index (χ3v) is 5.14. The van der Waals surface area contributed by atoms with Gasteiger partial charge in [0.1, 0.15) is 11.8 Å². The molecule has 11 heteroatoms. The smallest absolute Gasteiger partial charge is 0.303 e. The van der Waals surface area contributed by atoms with Gasteiger partial charge in [-0.1, -0.05) is 12.1 Å². The van der Waals surface area contributed by atoms with Crippen molar-refractivity contribution >= 4 is 11.9 Å². The molecule has 0 aliphatic carbocycles. The van der Waals surface area contributed by atoms with Gasteiger partial charge in [-0.05, 0) is 56.5 Å². The first-order valence-corrected chi connectivity index (χ1v) is 10.0. The van der Waals surface area contributed by atoms with E-state index in [9.17, 15) is 14.7 Å². The van der Waals surface area contributed by atoms with Crippen LogP contribution in [-0.2, 0) is 16.0 Å². The number of halogens is 1. The standard InChI is InChI=1S/C20H27N5O5.ClH/c21-15(11-12-1-3-14(26)4-2-12)19-24-25-20(30-19)16(5-6-17(27)28)23-18(29)13-7-9-22-10-8-13;/h1-4,13,15-16,22,26H,5-11,21H2,(H,23,29)(H,27,28);1H/p-1.